The molecule has 81 heavy (non-hydrogen) atoms. The summed E-state index contributed by atoms with van der Waals surface area (Å²) in [6.45, 7) is 20.2. The number of methoxy groups -OCH3 is 6. The van der Waals surface area contributed by atoms with Gasteiger partial charge in [-0.2, -0.15) is 35.1 Å². The van der Waals surface area contributed by atoms with Crippen LogP contribution in [0.1, 0.15) is 152 Å². The van der Waals surface area contributed by atoms with Crippen molar-refractivity contribution in [2.75, 3.05) is 93.5 Å². The number of aliphatic hydroxyl groups is 3. The molecule has 3 radical (unpaired) electrons. The first-order chi connectivity index (χ1) is 33.8. The van der Waals surface area contributed by atoms with Crippen molar-refractivity contribution in [1.29, 1.82) is 0 Å². The van der Waals surface area contributed by atoms with Crippen molar-refractivity contribution < 1.29 is 383 Å². The van der Waals surface area contributed by atoms with Crippen LogP contribution in [0.15, 0.2) is 0 Å². The van der Waals surface area contributed by atoms with Crippen LogP contribution in [0.4, 0.5) is 35.1 Å². The minimum Gasteiger partial charge on any atom is -1.00 e. The van der Waals surface area contributed by atoms with E-state index >= 15 is 0 Å². The van der Waals surface area contributed by atoms with Gasteiger partial charge in [0, 0.05) is 94.9 Å². The molecule has 37 heteroatoms. The van der Waals surface area contributed by atoms with Crippen LogP contribution in [-0.4, -0.2) is 184 Å². The molecule has 0 unspecified atom stereocenters. The molecule has 0 aromatic heterocycles. The van der Waals surface area contributed by atoms with Crippen LogP contribution < -0.4 is 264 Å². The molecule has 3 N–H and O–H groups in total. The van der Waals surface area contributed by atoms with Crippen LogP contribution in [0.25, 0.3) is 0 Å². The van der Waals surface area contributed by atoms with E-state index in [2.05, 4.69) is 97.8 Å². The minimum atomic E-state index is -3.81. The summed E-state index contributed by atoms with van der Waals surface area (Å²) in [5.74, 6) is -1.66. The third-order valence-electron chi connectivity index (χ3n) is 5.25. The van der Waals surface area contributed by atoms with Gasteiger partial charge < -0.3 is 79.3 Å². The Labute approximate surface area is 733 Å². The van der Waals surface area contributed by atoms with Crippen molar-refractivity contribution >= 4 is 99.8 Å². The Bertz CT molecular complexity index is 896. The molecule has 0 amide bonds. The summed E-state index contributed by atoms with van der Waals surface area (Å²) in [7, 11) is 7.40. The molecule has 477 valence electrons. The van der Waals surface area contributed by atoms with Gasteiger partial charge in [-0.3, -0.25) is 9.59 Å². The second-order valence-corrected chi connectivity index (χ2v) is 12.3. The monoisotopic (exact) mass is 1530 g/mol. The number of aliphatic hydroxyl groups excluding tert-OH is 3. The predicted molar refractivity (Wildman–Crippen MR) is 296 cm³/mol. The molecule has 0 aliphatic carbocycles. The van der Waals surface area contributed by atoms with Gasteiger partial charge in [0.15, 0.2) is 17.4 Å². The van der Waals surface area contributed by atoms with Gasteiger partial charge >= 0.3 is 284 Å². The number of aldehydes is 1. The van der Waals surface area contributed by atoms with E-state index in [1.165, 1.54) is 59.5 Å². The van der Waals surface area contributed by atoms with E-state index in [1.54, 1.807) is 7.11 Å². The minimum absolute atomic E-state index is 0. The average molecular weight is 1540 g/mol. The number of carbonyl (C=O) groups is 4. The van der Waals surface area contributed by atoms with E-state index in [9.17, 15) is 44.7 Å². The summed E-state index contributed by atoms with van der Waals surface area (Å²) >= 11 is 6.62. The van der Waals surface area contributed by atoms with Gasteiger partial charge in [-0.1, -0.05) is 127 Å². The Balaban J connectivity index is -0.0000000171. The van der Waals surface area contributed by atoms with Gasteiger partial charge in [0.05, 0.1) is 6.61 Å². The molecular weight excluding hydrogens is 1430 g/mol. The van der Waals surface area contributed by atoms with Crippen molar-refractivity contribution in [3.63, 3.8) is 0 Å². The molecule has 0 atom stereocenters. The van der Waals surface area contributed by atoms with E-state index in [1.807, 2.05) is 34.6 Å². The second-order valence-electron chi connectivity index (χ2n) is 10.8. The van der Waals surface area contributed by atoms with Crippen molar-refractivity contribution in [3.05, 3.63) is 0 Å². The Morgan fingerprint density at radius 1 is 0.580 bits per heavy atom. The van der Waals surface area contributed by atoms with Crippen molar-refractivity contribution in [3.8, 4) is 0 Å². The first-order valence-corrected chi connectivity index (χ1v) is 24.6. The molecule has 18 nitrogen and oxygen atoms in total. The number of halogens is 11. The maximum atomic E-state index is 12.0. The first-order valence-electron chi connectivity index (χ1n) is 22.3. The van der Waals surface area contributed by atoms with Gasteiger partial charge in [-0.15, -0.1) is 17.0 Å². The fourth-order valence-corrected chi connectivity index (χ4v) is 2.69. The van der Waals surface area contributed by atoms with Crippen LogP contribution in [-0.2, 0) is 62.1 Å². The Hall–Kier alpha value is 7.26. The van der Waals surface area contributed by atoms with Crippen molar-refractivity contribution in [2.45, 2.75) is 171 Å². The number of unbranched alkanes of at least 4 members (excludes halogenated alkanes) is 5. The van der Waals surface area contributed by atoms with E-state index < -0.39 is 43.6 Å². The van der Waals surface area contributed by atoms with Crippen LogP contribution >= 0.6 is 48.8 Å². The van der Waals surface area contributed by atoms with Gasteiger partial charge in [-0.05, 0) is 39.0 Å². The molecule has 0 spiro atoms. The molecule has 0 rings (SSSR count). The van der Waals surface area contributed by atoms with Crippen molar-refractivity contribution in [2.24, 2.45) is 0 Å². The number of hydrogen-bond acceptors (Lipinski definition) is 18. The fourth-order valence-electron chi connectivity index (χ4n) is 1.57. The first kappa shape index (κ1) is 158. The average Bonchev–Trinajstić information content (AvgIpc) is 3.40. The smallest absolute Gasteiger partial charge is 1.00 e. The zero-order chi connectivity index (χ0) is 60.8. The number of ether oxygens (including phenoxy) is 7. The Kier molecular flexibility index (Phi) is 306. The fraction of sp³-hybridized carbons (Fsp3) is 0.909. The molecule has 0 aromatic carbocycles. The maximum Gasteiger partial charge on any atom is 1.00 e. The molecule has 0 aliphatic rings. The van der Waals surface area contributed by atoms with Gasteiger partial charge in [0.25, 0.3) is 12.9 Å². The molecule has 0 heterocycles. The topological polar surface area (TPSA) is 258 Å². The molecule has 0 saturated heterocycles. The van der Waals surface area contributed by atoms with Crippen LogP contribution in [0.2, 0.25) is 0 Å². The molecule has 0 saturated carbocycles. The summed E-state index contributed by atoms with van der Waals surface area (Å²) in [6.07, 6.45) is -1.20. The van der Waals surface area contributed by atoms with Gasteiger partial charge in [-0.25, -0.2) is 4.79 Å². The standard InChI is InChI=1S/C5H8F2O3.C5H12O.2C4H9Br.C4H8F2O2.C4H8F2O.C4H10O.C4H8O.C3H6F2O2.2C2H6.2CH2O3.CH4O.Al.B.BrH.4K.Li.Na.7H/c1-3-10-4(8)5(6,7)9-2;1-3-4-5-6-2;2*1-2-3-4-5;1-7-3-4(5,6)8-2;1-3-4(5,6)7-2;2*1-2-3-4-5;1-7-3(4,5)2-6;2*1-2;2*2-1-4-3;1-2;;;;;;;;;;;;;;;;/h3H2,1-2H3;3-5H2,1-2H3;2*2-4H2,1H3;3H2,1-2H3;3H2,1-2H3;5H,2-4H2,1H3;4H,2-3H2,1H3;6H,2H2,1H3;2*1-2H3;2*1,3H;2H,1H3;;;1H;;;;;;;;;;;;;/q;;;;;;;;;;;;;;;;;6*+1;;;;4*-1/p-2. The van der Waals surface area contributed by atoms with Crippen molar-refractivity contribution in [1.82, 2.24) is 0 Å². The summed E-state index contributed by atoms with van der Waals surface area (Å²) < 4.78 is 121. The normalized spacial score (nSPS) is 8.06. The molecular formula is C44H104AlBBr3F8K4LiNaO18. The summed E-state index contributed by atoms with van der Waals surface area (Å²) in [4.78, 5) is 42.1. The number of rotatable bonds is 23. The zero-order valence-electron chi connectivity index (χ0n) is 57.2. The maximum absolute atomic E-state index is 12.0. The van der Waals surface area contributed by atoms with Gasteiger partial charge in [0.2, 0.25) is 0 Å². The number of hydrogen-bond donors (Lipinski definition) is 3. The predicted octanol–water partition coefficient (Wildman–Crippen LogP) is -8.91. The van der Waals surface area contributed by atoms with E-state index in [4.69, 9.17) is 40.2 Å². The molecule has 0 aromatic rings. The van der Waals surface area contributed by atoms with Crippen LogP contribution in [0.3, 0.4) is 0 Å². The summed E-state index contributed by atoms with van der Waals surface area (Å²) in [5.41, 5.74) is 0. The van der Waals surface area contributed by atoms with E-state index in [0.29, 0.717) is 13.0 Å². The summed E-state index contributed by atoms with van der Waals surface area (Å²) in [6, 6.07) is 0. The Morgan fingerprint density at radius 2 is 0.889 bits per heavy atom. The van der Waals surface area contributed by atoms with Crippen LogP contribution in [0, 0.1) is 0 Å². The zero-order valence-corrected chi connectivity index (χ0v) is 72.6. The number of carbonyl (C=O) groups excluding carboxylic acids is 4. The number of esters is 1. The van der Waals surface area contributed by atoms with E-state index in [-0.39, 0.29) is 328 Å². The second kappa shape index (κ2) is 157. The van der Waals surface area contributed by atoms with E-state index in [0.717, 1.165) is 78.4 Å². The molecule has 0 fully saturated rings. The SMILES string of the molecule is Br.CC.CC.CCC(F)(F)OC.CCCC=O.CCCCBr.CCCCBr.CCCCO.CCCCOC.CCOC(=O)C(F)(F)OC.CO.COC(F)(F)CO.COCC(F)(F)OC.O=CO[O-].O=CO[O-].[AlH3].[B].[H-].[H-].[H-].[H-].[K+].[K+].[K+].[K+].[Li+].[Na+]. The summed E-state index contributed by atoms with van der Waals surface area (Å²) in [5, 5.41) is 42.0. The van der Waals surface area contributed by atoms with Gasteiger partial charge in [0.1, 0.15) is 19.5 Å². The molecule has 0 aliphatic heterocycles. The van der Waals surface area contributed by atoms with Crippen LogP contribution in [0.5, 0.6) is 0 Å². The Morgan fingerprint density at radius 3 is 0.951 bits per heavy atom. The third kappa shape index (κ3) is 241. The molecule has 0 bridgehead atoms. The third-order valence-corrected chi connectivity index (χ3v) is 6.37. The quantitative estimate of drug-likeness (QED) is 0.0126. The largest absolute Gasteiger partial charge is 1.00 e. The number of alkyl halides is 10.